The van der Waals surface area contributed by atoms with Crippen molar-refractivity contribution in [2.45, 2.75) is 6.92 Å². The predicted molar refractivity (Wildman–Crippen MR) is 87.3 cm³/mol. The molecule has 0 aliphatic heterocycles. The fourth-order valence-electron chi connectivity index (χ4n) is 2.37. The van der Waals surface area contributed by atoms with Gasteiger partial charge in [-0.25, -0.2) is 4.98 Å². The Morgan fingerprint density at radius 2 is 2.18 bits per heavy atom. The third-order valence-corrected chi connectivity index (χ3v) is 4.19. The smallest absolute Gasteiger partial charge is 0.208 e. The van der Waals surface area contributed by atoms with E-state index in [0.717, 1.165) is 27.2 Å². The van der Waals surface area contributed by atoms with Crippen LogP contribution in [0.4, 0.5) is 11.4 Å². The molecule has 0 amide bonds. The molecule has 0 saturated heterocycles. The molecule has 2 N–H and O–H groups in total. The molecule has 3 aromatic heterocycles. The Morgan fingerprint density at radius 3 is 3.00 bits per heavy atom. The fourth-order valence-corrected chi connectivity index (χ4v) is 3.12. The average Bonchev–Trinajstić information content (AvgIpc) is 3.19. The van der Waals surface area contributed by atoms with E-state index in [1.165, 1.54) is 5.56 Å². The molecule has 0 saturated carbocycles. The van der Waals surface area contributed by atoms with Gasteiger partial charge in [-0.1, -0.05) is 12.1 Å². The van der Waals surface area contributed by atoms with Crippen LogP contribution in [0.15, 0.2) is 41.9 Å². The summed E-state index contributed by atoms with van der Waals surface area (Å²) >= 11 is 1.61. The van der Waals surface area contributed by atoms with Crippen molar-refractivity contribution in [3.8, 4) is 11.4 Å². The standard InChI is InChI=1S/C15H12N6S/c1-9-3-2-4-10(7-9)17-13-11-5-6-22-15(11)16-8-12(13)14-18-20-21-19-14/h2-8H,1H3,(H,16,17)(H,18,19,20,21). The minimum atomic E-state index is 0.524. The number of aryl methyl sites for hydroxylation is 1. The number of H-pyrrole nitrogens is 1. The van der Waals surface area contributed by atoms with Crippen LogP contribution >= 0.6 is 11.3 Å². The van der Waals surface area contributed by atoms with Crippen molar-refractivity contribution in [1.29, 1.82) is 0 Å². The van der Waals surface area contributed by atoms with Crippen LogP contribution in [-0.4, -0.2) is 25.6 Å². The van der Waals surface area contributed by atoms with Crippen LogP contribution in [0, 0.1) is 6.92 Å². The lowest BCUT2D eigenvalue weighted by molar-refractivity contribution is 0.881. The molecule has 0 radical (unpaired) electrons. The summed E-state index contributed by atoms with van der Waals surface area (Å²) in [7, 11) is 0. The molecule has 0 fully saturated rings. The molecule has 4 rings (SSSR count). The first-order chi connectivity index (χ1) is 10.8. The summed E-state index contributed by atoms with van der Waals surface area (Å²) < 4.78 is 0. The van der Waals surface area contributed by atoms with E-state index in [0.29, 0.717) is 5.82 Å². The largest absolute Gasteiger partial charge is 0.354 e. The molecular weight excluding hydrogens is 296 g/mol. The molecule has 0 aliphatic carbocycles. The van der Waals surface area contributed by atoms with Gasteiger partial charge in [0.15, 0.2) is 0 Å². The Kier molecular flexibility index (Phi) is 3.05. The van der Waals surface area contributed by atoms with Gasteiger partial charge in [0.2, 0.25) is 5.82 Å². The average molecular weight is 308 g/mol. The highest BCUT2D eigenvalue weighted by molar-refractivity contribution is 7.16. The Balaban J connectivity index is 1.90. The number of pyridine rings is 1. The number of aromatic nitrogens is 5. The number of hydrogen-bond acceptors (Lipinski definition) is 6. The van der Waals surface area contributed by atoms with Gasteiger partial charge in [-0.2, -0.15) is 5.21 Å². The molecule has 0 atom stereocenters. The number of rotatable bonds is 3. The maximum absolute atomic E-state index is 4.47. The van der Waals surface area contributed by atoms with Gasteiger partial charge in [-0.05, 0) is 41.3 Å². The summed E-state index contributed by atoms with van der Waals surface area (Å²) in [6.45, 7) is 2.07. The second-order valence-electron chi connectivity index (χ2n) is 4.92. The fraction of sp³-hybridized carbons (Fsp3) is 0.0667. The summed E-state index contributed by atoms with van der Waals surface area (Å²) in [5, 5.41) is 20.8. The summed E-state index contributed by atoms with van der Waals surface area (Å²) in [6, 6.07) is 10.3. The van der Waals surface area contributed by atoms with Gasteiger partial charge < -0.3 is 5.32 Å². The monoisotopic (exact) mass is 308 g/mol. The zero-order valence-corrected chi connectivity index (χ0v) is 12.6. The van der Waals surface area contributed by atoms with Crippen LogP contribution in [0.5, 0.6) is 0 Å². The molecule has 0 spiro atoms. The molecule has 4 aromatic rings. The van der Waals surface area contributed by atoms with Crippen LogP contribution in [0.2, 0.25) is 0 Å². The molecule has 6 nitrogen and oxygen atoms in total. The predicted octanol–water partition coefficient (Wildman–Crippen LogP) is 3.53. The summed E-state index contributed by atoms with van der Waals surface area (Å²) in [5.41, 5.74) is 3.98. The number of anilines is 2. The first-order valence-corrected chi connectivity index (χ1v) is 7.63. The van der Waals surface area contributed by atoms with Crippen LogP contribution in [0.1, 0.15) is 5.56 Å². The molecule has 108 valence electrons. The first kappa shape index (κ1) is 12.9. The van der Waals surface area contributed by atoms with Crippen molar-refractivity contribution in [2.75, 3.05) is 5.32 Å². The molecular formula is C15H12N6S. The molecule has 0 unspecified atom stereocenters. The third-order valence-electron chi connectivity index (χ3n) is 3.37. The zero-order chi connectivity index (χ0) is 14.9. The van der Waals surface area contributed by atoms with Crippen LogP contribution in [0.3, 0.4) is 0 Å². The van der Waals surface area contributed by atoms with Crippen LogP contribution in [0.25, 0.3) is 21.6 Å². The van der Waals surface area contributed by atoms with Crippen LogP contribution < -0.4 is 5.32 Å². The number of fused-ring (bicyclic) bond motifs is 1. The van der Waals surface area contributed by atoms with E-state index in [1.807, 2.05) is 17.5 Å². The van der Waals surface area contributed by atoms with Gasteiger partial charge in [0, 0.05) is 17.3 Å². The van der Waals surface area contributed by atoms with E-state index in [4.69, 9.17) is 0 Å². The molecule has 3 heterocycles. The number of aromatic amines is 1. The second kappa shape index (κ2) is 5.19. The normalized spacial score (nSPS) is 11.0. The van der Waals surface area contributed by atoms with Crippen molar-refractivity contribution in [3.05, 3.63) is 47.5 Å². The topological polar surface area (TPSA) is 79.4 Å². The second-order valence-corrected chi connectivity index (χ2v) is 5.81. The Bertz CT molecular complexity index is 928. The summed E-state index contributed by atoms with van der Waals surface area (Å²) in [5.74, 6) is 0.524. The minimum Gasteiger partial charge on any atom is -0.354 e. The Morgan fingerprint density at radius 1 is 1.23 bits per heavy atom. The molecule has 22 heavy (non-hydrogen) atoms. The van der Waals surface area contributed by atoms with E-state index in [-0.39, 0.29) is 0 Å². The first-order valence-electron chi connectivity index (χ1n) is 6.75. The zero-order valence-electron chi connectivity index (χ0n) is 11.7. The molecule has 0 bridgehead atoms. The Labute approximate surface area is 130 Å². The van der Waals surface area contributed by atoms with E-state index in [9.17, 15) is 0 Å². The number of thiophene rings is 1. The third kappa shape index (κ3) is 2.21. The maximum Gasteiger partial charge on any atom is 0.208 e. The molecule has 7 heteroatoms. The molecule has 0 aliphatic rings. The van der Waals surface area contributed by atoms with Crippen molar-refractivity contribution in [3.63, 3.8) is 0 Å². The Hall–Kier alpha value is -2.80. The van der Waals surface area contributed by atoms with Gasteiger partial charge in [0.05, 0.1) is 11.3 Å². The van der Waals surface area contributed by atoms with Crippen molar-refractivity contribution >= 4 is 32.9 Å². The van der Waals surface area contributed by atoms with E-state index in [2.05, 4.69) is 56.0 Å². The van der Waals surface area contributed by atoms with Crippen LogP contribution in [-0.2, 0) is 0 Å². The lowest BCUT2D eigenvalue weighted by atomic mass is 10.1. The van der Waals surface area contributed by atoms with Gasteiger partial charge in [-0.3, -0.25) is 0 Å². The number of hydrogen-bond donors (Lipinski definition) is 2. The summed E-state index contributed by atoms with van der Waals surface area (Å²) in [4.78, 5) is 5.45. The van der Waals surface area contributed by atoms with Crippen molar-refractivity contribution in [1.82, 2.24) is 25.6 Å². The maximum atomic E-state index is 4.47. The molecule has 1 aromatic carbocycles. The number of tetrazole rings is 1. The van der Waals surface area contributed by atoms with Gasteiger partial charge in [-0.15, -0.1) is 21.5 Å². The highest BCUT2D eigenvalue weighted by Crippen LogP contribution is 2.35. The van der Waals surface area contributed by atoms with E-state index in [1.54, 1.807) is 17.5 Å². The lowest BCUT2D eigenvalue weighted by Gasteiger charge is -2.11. The number of nitrogens with one attached hydrogen (secondary N) is 2. The quantitative estimate of drug-likeness (QED) is 0.605. The van der Waals surface area contributed by atoms with E-state index < -0.39 is 0 Å². The van der Waals surface area contributed by atoms with Gasteiger partial charge >= 0.3 is 0 Å². The minimum absolute atomic E-state index is 0.524. The van der Waals surface area contributed by atoms with E-state index >= 15 is 0 Å². The van der Waals surface area contributed by atoms with Crippen molar-refractivity contribution < 1.29 is 0 Å². The SMILES string of the molecule is Cc1cccc(Nc2c(-c3nn[nH]n3)cnc3sccc23)c1. The highest BCUT2D eigenvalue weighted by Gasteiger charge is 2.15. The van der Waals surface area contributed by atoms with Crippen molar-refractivity contribution in [2.24, 2.45) is 0 Å². The van der Waals surface area contributed by atoms with Gasteiger partial charge in [0.25, 0.3) is 0 Å². The number of nitrogens with zero attached hydrogens (tertiary/aromatic N) is 4. The summed E-state index contributed by atoms with van der Waals surface area (Å²) in [6.07, 6.45) is 1.78. The number of benzene rings is 1. The highest BCUT2D eigenvalue weighted by atomic mass is 32.1. The lowest BCUT2D eigenvalue weighted by Crippen LogP contribution is -1.96. The van der Waals surface area contributed by atoms with Gasteiger partial charge in [0.1, 0.15) is 4.83 Å².